The molecule has 0 bridgehead atoms. The summed E-state index contributed by atoms with van der Waals surface area (Å²) >= 11 is 0. The highest BCUT2D eigenvalue weighted by molar-refractivity contribution is 5.74. The van der Waals surface area contributed by atoms with Crippen LogP contribution in [-0.4, -0.2) is 18.0 Å². The zero-order valence-corrected chi connectivity index (χ0v) is 10.3. The van der Waals surface area contributed by atoms with Gasteiger partial charge in [-0.05, 0) is 18.4 Å². The van der Waals surface area contributed by atoms with E-state index in [0.717, 1.165) is 24.7 Å². The Kier molecular flexibility index (Phi) is 7.17. The Bertz CT molecular complexity index is 423. The van der Waals surface area contributed by atoms with Crippen molar-refractivity contribution in [2.75, 3.05) is 6.61 Å². The molecule has 0 unspecified atom stereocenters. The smallest absolute Gasteiger partial charge is 0.150 e. The third kappa shape index (κ3) is 5.97. The largest absolute Gasteiger partial charge is 0.396 e. The molecule has 2 aromatic rings. The van der Waals surface area contributed by atoms with E-state index in [2.05, 4.69) is 12.1 Å². The van der Waals surface area contributed by atoms with Crippen molar-refractivity contribution >= 4 is 6.29 Å². The number of hydrogen-bond acceptors (Lipinski definition) is 2. The van der Waals surface area contributed by atoms with Crippen molar-refractivity contribution in [3.05, 3.63) is 71.8 Å². The minimum Gasteiger partial charge on any atom is -0.396 e. The maximum Gasteiger partial charge on any atom is 0.150 e. The molecule has 0 aromatic heterocycles. The Morgan fingerprint density at radius 1 is 0.889 bits per heavy atom. The van der Waals surface area contributed by atoms with Crippen molar-refractivity contribution in [2.45, 2.75) is 12.8 Å². The molecule has 0 heterocycles. The summed E-state index contributed by atoms with van der Waals surface area (Å²) in [6.07, 6.45) is 2.68. The van der Waals surface area contributed by atoms with Crippen LogP contribution in [-0.2, 0) is 6.42 Å². The molecule has 94 valence electrons. The fraction of sp³-hybridized carbons (Fsp3) is 0.188. The standard InChI is InChI=1S/C9H12O.C7H6O/c10-8-4-7-9-5-2-1-3-6-9;8-6-7-4-2-1-3-5-7/h1-3,5-6,10H,4,7-8H2;1-6H. The van der Waals surface area contributed by atoms with Gasteiger partial charge in [0.1, 0.15) is 6.29 Å². The predicted molar refractivity (Wildman–Crippen MR) is 73.7 cm³/mol. The van der Waals surface area contributed by atoms with E-state index in [1.165, 1.54) is 5.56 Å². The maximum atomic E-state index is 10.0. The molecule has 0 aliphatic rings. The van der Waals surface area contributed by atoms with E-state index in [9.17, 15) is 4.79 Å². The molecule has 1 N–H and O–H groups in total. The Labute approximate surface area is 108 Å². The third-order valence-corrected chi connectivity index (χ3v) is 2.40. The minimum absolute atomic E-state index is 0.287. The molecule has 2 heteroatoms. The zero-order chi connectivity index (χ0) is 13.1. The van der Waals surface area contributed by atoms with Crippen LogP contribution in [0.1, 0.15) is 22.3 Å². The molecule has 0 spiro atoms. The molecular weight excluding hydrogens is 224 g/mol. The van der Waals surface area contributed by atoms with Gasteiger partial charge in [0.2, 0.25) is 0 Å². The second-order valence-electron chi connectivity index (χ2n) is 3.84. The highest BCUT2D eigenvalue weighted by atomic mass is 16.2. The second kappa shape index (κ2) is 9.14. The summed E-state index contributed by atoms with van der Waals surface area (Å²) in [6.45, 7) is 0.287. The molecule has 0 amide bonds. The van der Waals surface area contributed by atoms with Crippen LogP contribution < -0.4 is 0 Å². The highest BCUT2D eigenvalue weighted by Gasteiger charge is 1.88. The van der Waals surface area contributed by atoms with E-state index in [4.69, 9.17) is 5.11 Å². The Hall–Kier alpha value is -1.93. The van der Waals surface area contributed by atoms with Gasteiger partial charge in [0.05, 0.1) is 0 Å². The lowest BCUT2D eigenvalue weighted by molar-refractivity contribution is 0.112. The Morgan fingerprint density at radius 2 is 1.44 bits per heavy atom. The van der Waals surface area contributed by atoms with E-state index in [1.54, 1.807) is 12.1 Å². The summed E-state index contributed by atoms with van der Waals surface area (Å²) in [5, 5.41) is 8.53. The molecule has 0 saturated heterocycles. The molecule has 0 saturated carbocycles. The van der Waals surface area contributed by atoms with Crippen LogP contribution in [0.5, 0.6) is 0 Å². The summed E-state index contributed by atoms with van der Waals surface area (Å²) in [6, 6.07) is 19.3. The van der Waals surface area contributed by atoms with E-state index in [-0.39, 0.29) is 6.61 Å². The number of aldehydes is 1. The van der Waals surface area contributed by atoms with Crippen molar-refractivity contribution < 1.29 is 9.90 Å². The molecule has 2 rings (SSSR count). The van der Waals surface area contributed by atoms with Gasteiger partial charge in [-0.25, -0.2) is 0 Å². The van der Waals surface area contributed by atoms with E-state index >= 15 is 0 Å². The van der Waals surface area contributed by atoms with Crippen molar-refractivity contribution in [2.24, 2.45) is 0 Å². The van der Waals surface area contributed by atoms with Crippen LogP contribution in [0, 0.1) is 0 Å². The number of aryl methyl sites for hydroxylation is 1. The number of benzene rings is 2. The highest BCUT2D eigenvalue weighted by Crippen LogP contribution is 2.00. The molecule has 0 fully saturated rings. The number of rotatable bonds is 4. The van der Waals surface area contributed by atoms with Gasteiger partial charge in [-0.2, -0.15) is 0 Å². The number of carbonyl (C=O) groups is 1. The van der Waals surface area contributed by atoms with Crippen LogP contribution in [0.2, 0.25) is 0 Å². The van der Waals surface area contributed by atoms with Gasteiger partial charge >= 0.3 is 0 Å². The summed E-state index contributed by atoms with van der Waals surface area (Å²) in [5.74, 6) is 0. The molecule has 0 radical (unpaired) electrons. The van der Waals surface area contributed by atoms with Crippen LogP contribution in [0.3, 0.4) is 0 Å². The number of aliphatic hydroxyl groups is 1. The van der Waals surface area contributed by atoms with Gasteiger partial charge in [0, 0.05) is 12.2 Å². The normalized spacial score (nSPS) is 9.17. The van der Waals surface area contributed by atoms with Crippen molar-refractivity contribution in [1.29, 1.82) is 0 Å². The maximum absolute atomic E-state index is 10.0. The van der Waals surface area contributed by atoms with Crippen LogP contribution in [0.4, 0.5) is 0 Å². The van der Waals surface area contributed by atoms with Gasteiger partial charge in [0.25, 0.3) is 0 Å². The molecule has 0 aliphatic heterocycles. The lowest BCUT2D eigenvalue weighted by atomic mass is 10.1. The summed E-state index contributed by atoms with van der Waals surface area (Å²) in [5.41, 5.74) is 2.03. The first-order valence-corrected chi connectivity index (χ1v) is 6.02. The van der Waals surface area contributed by atoms with Gasteiger partial charge in [-0.15, -0.1) is 0 Å². The van der Waals surface area contributed by atoms with E-state index in [1.807, 2.05) is 36.4 Å². The first-order valence-electron chi connectivity index (χ1n) is 6.02. The quantitative estimate of drug-likeness (QED) is 0.836. The molecule has 0 atom stereocenters. The van der Waals surface area contributed by atoms with Crippen LogP contribution >= 0.6 is 0 Å². The fourth-order valence-electron chi connectivity index (χ4n) is 1.46. The molecule has 2 nitrogen and oxygen atoms in total. The number of aliphatic hydroxyl groups excluding tert-OH is 1. The first kappa shape index (κ1) is 14.1. The average Bonchev–Trinajstić information content (AvgIpc) is 2.48. The third-order valence-electron chi connectivity index (χ3n) is 2.40. The van der Waals surface area contributed by atoms with Crippen molar-refractivity contribution in [1.82, 2.24) is 0 Å². The molecule has 0 aliphatic carbocycles. The second-order valence-corrected chi connectivity index (χ2v) is 3.84. The summed E-state index contributed by atoms with van der Waals surface area (Å²) in [7, 11) is 0. The zero-order valence-electron chi connectivity index (χ0n) is 10.3. The Balaban J connectivity index is 0.000000184. The van der Waals surface area contributed by atoms with Crippen LogP contribution in [0.25, 0.3) is 0 Å². The lowest BCUT2D eigenvalue weighted by Crippen LogP contribution is -1.87. The Morgan fingerprint density at radius 3 is 1.89 bits per heavy atom. The number of hydrogen-bond donors (Lipinski definition) is 1. The average molecular weight is 242 g/mol. The van der Waals surface area contributed by atoms with Crippen molar-refractivity contribution in [3.8, 4) is 0 Å². The monoisotopic (exact) mass is 242 g/mol. The predicted octanol–water partition coefficient (Wildman–Crippen LogP) is 3.11. The first-order chi connectivity index (χ1) is 8.86. The summed E-state index contributed by atoms with van der Waals surface area (Å²) < 4.78 is 0. The van der Waals surface area contributed by atoms with Crippen LogP contribution in [0.15, 0.2) is 60.7 Å². The molecule has 2 aromatic carbocycles. The topological polar surface area (TPSA) is 37.3 Å². The SMILES string of the molecule is O=Cc1ccccc1.OCCCc1ccccc1. The molecular formula is C16H18O2. The molecule has 18 heavy (non-hydrogen) atoms. The minimum atomic E-state index is 0.287. The van der Waals surface area contributed by atoms with Gasteiger partial charge < -0.3 is 5.11 Å². The number of carbonyl (C=O) groups excluding carboxylic acids is 1. The van der Waals surface area contributed by atoms with E-state index in [0.29, 0.717) is 0 Å². The van der Waals surface area contributed by atoms with Gasteiger partial charge in [0.15, 0.2) is 0 Å². The summed E-state index contributed by atoms with van der Waals surface area (Å²) in [4.78, 5) is 10.0. The fourth-order valence-corrected chi connectivity index (χ4v) is 1.46. The lowest BCUT2D eigenvalue weighted by Gasteiger charge is -1.96. The van der Waals surface area contributed by atoms with Gasteiger partial charge in [-0.3, -0.25) is 4.79 Å². The van der Waals surface area contributed by atoms with Crippen molar-refractivity contribution in [3.63, 3.8) is 0 Å². The van der Waals surface area contributed by atoms with Gasteiger partial charge in [-0.1, -0.05) is 60.7 Å². The van der Waals surface area contributed by atoms with E-state index < -0.39 is 0 Å².